The molecule has 0 spiro atoms. The van der Waals surface area contributed by atoms with Crippen molar-refractivity contribution in [3.8, 4) is 11.5 Å². The van der Waals surface area contributed by atoms with Crippen molar-refractivity contribution in [2.45, 2.75) is 33.6 Å². The van der Waals surface area contributed by atoms with Crippen LogP contribution in [0, 0.1) is 0 Å². The van der Waals surface area contributed by atoms with Crippen molar-refractivity contribution >= 4 is 5.57 Å². The second-order valence-corrected chi connectivity index (χ2v) is 5.46. The van der Waals surface area contributed by atoms with E-state index < -0.39 is 0 Å². The van der Waals surface area contributed by atoms with Gasteiger partial charge in [0, 0.05) is 0 Å². The maximum atomic E-state index is 5.44. The summed E-state index contributed by atoms with van der Waals surface area (Å²) >= 11 is 0. The van der Waals surface area contributed by atoms with Crippen molar-refractivity contribution in [2.24, 2.45) is 0 Å². The van der Waals surface area contributed by atoms with Crippen molar-refractivity contribution in [1.29, 1.82) is 0 Å². The van der Waals surface area contributed by atoms with Gasteiger partial charge in [-0.1, -0.05) is 44.2 Å². The molecule has 0 aromatic heterocycles. The van der Waals surface area contributed by atoms with Crippen LogP contribution in [0.3, 0.4) is 0 Å². The van der Waals surface area contributed by atoms with Crippen molar-refractivity contribution in [3.05, 3.63) is 64.7 Å². The molecule has 0 aliphatic carbocycles. The van der Waals surface area contributed by atoms with Crippen LogP contribution < -0.4 is 9.47 Å². The van der Waals surface area contributed by atoms with E-state index in [2.05, 4.69) is 51.1 Å². The minimum atomic E-state index is 0.752. The highest BCUT2D eigenvalue weighted by atomic mass is 16.5. The topological polar surface area (TPSA) is 18.5 Å². The Morgan fingerprint density at radius 1 is 0.826 bits per heavy atom. The van der Waals surface area contributed by atoms with Gasteiger partial charge in [0.15, 0.2) is 11.5 Å². The van der Waals surface area contributed by atoms with E-state index in [-0.39, 0.29) is 0 Å². The fraction of sp³-hybridized carbons (Fsp3) is 0.333. The van der Waals surface area contributed by atoms with E-state index in [4.69, 9.17) is 9.47 Å². The van der Waals surface area contributed by atoms with Crippen molar-refractivity contribution in [1.82, 2.24) is 0 Å². The van der Waals surface area contributed by atoms with Gasteiger partial charge in [-0.05, 0) is 59.7 Å². The van der Waals surface area contributed by atoms with Crippen LogP contribution in [0.5, 0.6) is 11.5 Å². The number of rotatable bonds is 6. The fourth-order valence-corrected chi connectivity index (χ4v) is 2.97. The lowest BCUT2D eigenvalue weighted by Crippen LogP contribution is -1.96. The summed E-state index contributed by atoms with van der Waals surface area (Å²) in [5.41, 5.74) is 6.44. The molecule has 0 aliphatic rings. The third kappa shape index (κ3) is 3.58. The molecule has 0 fully saturated rings. The third-order valence-corrected chi connectivity index (χ3v) is 4.26. The molecule has 2 heteroatoms. The van der Waals surface area contributed by atoms with Gasteiger partial charge in [0.05, 0.1) is 14.2 Å². The largest absolute Gasteiger partial charge is 0.493 e. The Bertz CT molecular complexity index is 641. The van der Waals surface area contributed by atoms with E-state index in [0.717, 1.165) is 29.9 Å². The van der Waals surface area contributed by atoms with Gasteiger partial charge in [-0.2, -0.15) is 0 Å². The highest BCUT2D eigenvalue weighted by molar-refractivity contribution is 5.81. The number of methoxy groups -OCH3 is 2. The molecule has 2 aromatic carbocycles. The van der Waals surface area contributed by atoms with Crippen LogP contribution in [0.15, 0.2) is 42.5 Å². The molecule has 2 nitrogen and oxygen atoms in total. The Balaban J connectivity index is 2.48. The maximum Gasteiger partial charge on any atom is 0.161 e. The lowest BCUT2D eigenvalue weighted by molar-refractivity contribution is 0.355. The number of hydrogen-bond acceptors (Lipinski definition) is 2. The van der Waals surface area contributed by atoms with E-state index in [0.29, 0.717) is 0 Å². The first-order valence-electron chi connectivity index (χ1n) is 8.19. The normalized spacial score (nSPS) is 11.4. The molecular weight excluding hydrogens is 284 g/mol. The SMILES string of the molecule is C/C=C(\c1ccc(CC)c(CC)c1)c1ccc(OC)c(OC)c1. The van der Waals surface area contributed by atoms with Crippen molar-refractivity contribution < 1.29 is 9.47 Å². The number of aryl methyl sites for hydroxylation is 2. The smallest absolute Gasteiger partial charge is 0.161 e. The fourth-order valence-electron chi connectivity index (χ4n) is 2.97. The molecule has 122 valence electrons. The van der Waals surface area contributed by atoms with E-state index in [1.165, 1.54) is 22.3 Å². The van der Waals surface area contributed by atoms with Crippen molar-refractivity contribution in [2.75, 3.05) is 14.2 Å². The average molecular weight is 310 g/mol. The Hall–Kier alpha value is -2.22. The lowest BCUT2D eigenvalue weighted by Gasteiger charge is -2.14. The molecule has 0 N–H and O–H groups in total. The number of benzene rings is 2. The number of ether oxygens (including phenoxy) is 2. The average Bonchev–Trinajstić information content (AvgIpc) is 2.61. The van der Waals surface area contributed by atoms with Gasteiger partial charge in [0.1, 0.15) is 0 Å². The van der Waals surface area contributed by atoms with E-state index >= 15 is 0 Å². The predicted octanol–water partition coefficient (Wildman–Crippen LogP) is 5.28. The van der Waals surface area contributed by atoms with E-state index in [1.807, 2.05) is 12.1 Å². The molecule has 0 amide bonds. The summed E-state index contributed by atoms with van der Waals surface area (Å²) in [4.78, 5) is 0. The first-order chi connectivity index (χ1) is 11.2. The first kappa shape index (κ1) is 17.1. The summed E-state index contributed by atoms with van der Waals surface area (Å²) in [5, 5.41) is 0. The lowest BCUT2D eigenvalue weighted by atomic mass is 9.92. The number of hydrogen-bond donors (Lipinski definition) is 0. The summed E-state index contributed by atoms with van der Waals surface area (Å²) in [5.74, 6) is 1.51. The summed E-state index contributed by atoms with van der Waals surface area (Å²) in [6.07, 6.45) is 4.28. The Morgan fingerprint density at radius 3 is 2.00 bits per heavy atom. The van der Waals surface area contributed by atoms with Crippen molar-refractivity contribution in [3.63, 3.8) is 0 Å². The third-order valence-electron chi connectivity index (χ3n) is 4.26. The van der Waals surface area contributed by atoms with Gasteiger partial charge in [-0.3, -0.25) is 0 Å². The highest BCUT2D eigenvalue weighted by Gasteiger charge is 2.11. The standard InChI is InChI=1S/C21H26O2/c1-6-15-9-10-17(13-16(15)7-2)19(8-3)18-11-12-20(22-4)21(14-18)23-5/h8-14H,6-7H2,1-5H3/b19-8+. The zero-order valence-corrected chi connectivity index (χ0v) is 14.8. The molecule has 0 heterocycles. The molecule has 0 aliphatic heterocycles. The van der Waals surface area contributed by atoms with Gasteiger partial charge in [-0.15, -0.1) is 0 Å². The Kier molecular flexibility index (Phi) is 5.86. The molecule has 0 unspecified atom stereocenters. The summed E-state index contributed by atoms with van der Waals surface area (Å²) < 4.78 is 10.8. The van der Waals surface area contributed by atoms with Crippen LogP contribution in [-0.2, 0) is 12.8 Å². The summed E-state index contributed by atoms with van der Waals surface area (Å²) in [7, 11) is 3.33. The van der Waals surface area contributed by atoms with Gasteiger partial charge in [0.25, 0.3) is 0 Å². The summed E-state index contributed by atoms with van der Waals surface area (Å²) in [6.45, 7) is 6.49. The zero-order valence-electron chi connectivity index (χ0n) is 14.8. The van der Waals surface area contributed by atoms with E-state index in [9.17, 15) is 0 Å². The van der Waals surface area contributed by atoms with Crippen LogP contribution in [0.4, 0.5) is 0 Å². The maximum absolute atomic E-state index is 5.44. The van der Waals surface area contributed by atoms with Crippen LogP contribution in [0.25, 0.3) is 5.57 Å². The molecule has 0 atom stereocenters. The predicted molar refractivity (Wildman–Crippen MR) is 97.5 cm³/mol. The summed E-state index contributed by atoms with van der Waals surface area (Å²) in [6, 6.07) is 12.8. The second-order valence-electron chi connectivity index (χ2n) is 5.46. The monoisotopic (exact) mass is 310 g/mol. The molecule has 0 radical (unpaired) electrons. The molecule has 23 heavy (non-hydrogen) atoms. The Morgan fingerprint density at radius 2 is 1.43 bits per heavy atom. The Labute approximate surface area is 139 Å². The van der Waals surface area contributed by atoms with Gasteiger partial charge >= 0.3 is 0 Å². The molecule has 2 aromatic rings. The minimum Gasteiger partial charge on any atom is -0.493 e. The van der Waals surface area contributed by atoms with Gasteiger partial charge < -0.3 is 9.47 Å². The molecule has 0 saturated carbocycles. The highest BCUT2D eigenvalue weighted by Crippen LogP contribution is 2.33. The van der Waals surface area contributed by atoms with Crippen LogP contribution >= 0.6 is 0 Å². The molecule has 0 bridgehead atoms. The zero-order chi connectivity index (χ0) is 16.8. The van der Waals surface area contributed by atoms with Crippen LogP contribution in [0.2, 0.25) is 0 Å². The van der Waals surface area contributed by atoms with Crippen LogP contribution in [0.1, 0.15) is 43.0 Å². The van der Waals surface area contributed by atoms with Crippen LogP contribution in [-0.4, -0.2) is 14.2 Å². The van der Waals surface area contributed by atoms with E-state index in [1.54, 1.807) is 14.2 Å². The quantitative estimate of drug-likeness (QED) is 0.722. The minimum absolute atomic E-state index is 0.752. The molecule has 0 saturated heterocycles. The molecule has 2 rings (SSSR count). The van der Waals surface area contributed by atoms with Gasteiger partial charge in [0.2, 0.25) is 0 Å². The molecular formula is C21H26O2. The first-order valence-corrected chi connectivity index (χ1v) is 8.19. The second kappa shape index (κ2) is 7.87. The number of allylic oxidation sites excluding steroid dienone is 1. The van der Waals surface area contributed by atoms with Gasteiger partial charge in [-0.25, -0.2) is 0 Å².